The molecule has 0 saturated heterocycles. The number of carbonyl (C=O) groups is 1. The Labute approximate surface area is 196 Å². The van der Waals surface area contributed by atoms with Crippen LogP contribution in [0, 0.1) is 5.92 Å². The standard InChI is InChI=1S/C24H27ClF3N3O2/c1-15(2)13-21(30-33)18-5-3-16(4-6-18)14-29-22-19-10-12-31(23(32)24(26,27)28)11-9-17(19)7-8-20(22)25/h3-8,15,29,33H,9-14H2,1-2H3. The fourth-order valence-corrected chi connectivity index (χ4v) is 4.22. The Morgan fingerprint density at radius 3 is 2.42 bits per heavy atom. The van der Waals surface area contributed by atoms with Gasteiger partial charge in [-0.05, 0) is 53.5 Å². The van der Waals surface area contributed by atoms with Gasteiger partial charge in [0.25, 0.3) is 0 Å². The average molecular weight is 482 g/mol. The molecule has 9 heteroatoms. The van der Waals surface area contributed by atoms with Crippen molar-refractivity contribution in [2.24, 2.45) is 11.1 Å². The van der Waals surface area contributed by atoms with E-state index in [1.165, 1.54) is 0 Å². The number of hydrogen-bond acceptors (Lipinski definition) is 4. The number of carbonyl (C=O) groups excluding carboxylic acids is 1. The third-order valence-corrected chi connectivity index (χ3v) is 5.97. The maximum absolute atomic E-state index is 12.9. The highest BCUT2D eigenvalue weighted by Gasteiger charge is 2.42. The van der Waals surface area contributed by atoms with Gasteiger partial charge in [0.05, 0.1) is 16.4 Å². The molecular formula is C24H27ClF3N3O2. The molecule has 5 nitrogen and oxygen atoms in total. The third kappa shape index (κ3) is 6.19. The lowest BCUT2D eigenvalue weighted by molar-refractivity contribution is -0.185. The fourth-order valence-electron chi connectivity index (χ4n) is 3.98. The number of rotatable bonds is 6. The molecule has 0 saturated carbocycles. The first-order chi connectivity index (χ1) is 15.6. The van der Waals surface area contributed by atoms with Crippen molar-refractivity contribution in [2.45, 2.75) is 45.8 Å². The largest absolute Gasteiger partial charge is 0.471 e. The van der Waals surface area contributed by atoms with Crippen LogP contribution in [0.4, 0.5) is 18.9 Å². The van der Waals surface area contributed by atoms with E-state index in [0.717, 1.165) is 27.2 Å². The minimum Gasteiger partial charge on any atom is -0.411 e. The molecule has 2 aromatic rings. The number of amides is 1. The Bertz CT molecular complexity index is 1020. The monoisotopic (exact) mass is 481 g/mol. The number of nitrogens with zero attached hydrogens (tertiary/aromatic N) is 2. The van der Waals surface area contributed by atoms with Gasteiger partial charge in [-0.3, -0.25) is 4.79 Å². The van der Waals surface area contributed by atoms with Crippen molar-refractivity contribution in [3.8, 4) is 0 Å². The molecule has 0 spiro atoms. The van der Waals surface area contributed by atoms with E-state index < -0.39 is 12.1 Å². The number of hydrogen-bond donors (Lipinski definition) is 2. The van der Waals surface area contributed by atoms with Gasteiger partial charge in [-0.1, -0.05) is 60.9 Å². The van der Waals surface area contributed by atoms with E-state index in [2.05, 4.69) is 10.5 Å². The van der Waals surface area contributed by atoms with E-state index in [-0.39, 0.29) is 19.5 Å². The van der Waals surface area contributed by atoms with Gasteiger partial charge in [-0.15, -0.1) is 0 Å². The normalized spacial score (nSPS) is 14.8. The molecule has 178 valence electrons. The van der Waals surface area contributed by atoms with Gasteiger partial charge >= 0.3 is 12.1 Å². The Morgan fingerprint density at radius 2 is 1.82 bits per heavy atom. The summed E-state index contributed by atoms with van der Waals surface area (Å²) in [6.45, 7) is 4.55. The van der Waals surface area contributed by atoms with Gasteiger partial charge in [0, 0.05) is 19.6 Å². The molecule has 0 bridgehead atoms. The number of fused-ring (bicyclic) bond motifs is 1. The molecule has 3 rings (SSSR count). The second-order valence-corrected chi connectivity index (χ2v) is 8.95. The Morgan fingerprint density at radius 1 is 1.15 bits per heavy atom. The maximum atomic E-state index is 12.9. The summed E-state index contributed by atoms with van der Waals surface area (Å²) in [6, 6.07) is 11.2. The first-order valence-electron chi connectivity index (χ1n) is 10.8. The Kier molecular flexibility index (Phi) is 7.89. The van der Waals surface area contributed by atoms with Gasteiger partial charge < -0.3 is 15.4 Å². The molecule has 1 aliphatic heterocycles. The number of alkyl halides is 3. The minimum atomic E-state index is -4.88. The van der Waals surface area contributed by atoms with Crippen molar-refractivity contribution < 1.29 is 23.2 Å². The highest BCUT2D eigenvalue weighted by Crippen LogP contribution is 2.32. The van der Waals surface area contributed by atoms with Crippen LogP contribution in [0.2, 0.25) is 5.02 Å². The number of halogens is 4. The van der Waals surface area contributed by atoms with E-state index in [0.29, 0.717) is 41.7 Å². The summed E-state index contributed by atoms with van der Waals surface area (Å²) >= 11 is 6.42. The molecule has 0 aliphatic carbocycles. The van der Waals surface area contributed by atoms with Crippen molar-refractivity contribution in [3.63, 3.8) is 0 Å². The highest BCUT2D eigenvalue weighted by molar-refractivity contribution is 6.33. The van der Waals surface area contributed by atoms with Crippen LogP contribution >= 0.6 is 11.6 Å². The van der Waals surface area contributed by atoms with Gasteiger partial charge in [-0.25, -0.2) is 0 Å². The molecule has 1 heterocycles. The summed E-state index contributed by atoms with van der Waals surface area (Å²) in [6.07, 6.45) is -3.60. The van der Waals surface area contributed by atoms with Crippen LogP contribution < -0.4 is 5.32 Å². The Hall–Kier alpha value is -2.74. The molecule has 33 heavy (non-hydrogen) atoms. The minimum absolute atomic E-state index is 0.0129. The van der Waals surface area contributed by atoms with Gasteiger partial charge in [-0.2, -0.15) is 13.2 Å². The van der Waals surface area contributed by atoms with Crippen LogP contribution in [0.15, 0.2) is 41.6 Å². The zero-order chi connectivity index (χ0) is 24.2. The van der Waals surface area contributed by atoms with Gasteiger partial charge in [0.2, 0.25) is 0 Å². The lowest BCUT2D eigenvalue weighted by atomic mass is 9.99. The van der Waals surface area contributed by atoms with Crippen LogP contribution in [-0.4, -0.2) is 41.0 Å². The van der Waals surface area contributed by atoms with Crippen molar-refractivity contribution in [1.29, 1.82) is 0 Å². The fraction of sp³-hybridized carbons (Fsp3) is 0.417. The number of oxime groups is 1. The van der Waals surface area contributed by atoms with Crippen molar-refractivity contribution >= 4 is 28.9 Å². The number of benzene rings is 2. The average Bonchev–Trinajstić information content (AvgIpc) is 2.98. The first kappa shape index (κ1) is 24.9. The second-order valence-electron chi connectivity index (χ2n) is 8.55. The zero-order valence-electron chi connectivity index (χ0n) is 18.5. The van der Waals surface area contributed by atoms with Crippen LogP contribution in [0.1, 0.15) is 42.5 Å². The molecule has 0 atom stereocenters. The first-order valence-corrected chi connectivity index (χ1v) is 11.2. The Balaban J connectivity index is 1.73. The van der Waals surface area contributed by atoms with Crippen molar-refractivity contribution in [1.82, 2.24) is 4.90 Å². The third-order valence-electron chi connectivity index (χ3n) is 5.65. The summed E-state index contributed by atoms with van der Waals surface area (Å²) in [7, 11) is 0. The van der Waals surface area contributed by atoms with Crippen molar-refractivity contribution in [2.75, 3.05) is 18.4 Å². The van der Waals surface area contributed by atoms with E-state index in [1.807, 2.05) is 44.2 Å². The van der Waals surface area contributed by atoms with E-state index in [4.69, 9.17) is 11.6 Å². The van der Waals surface area contributed by atoms with E-state index >= 15 is 0 Å². The predicted octanol–water partition coefficient (Wildman–Crippen LogP) is 5.67. The molecule has 2 N–H and O–H groups in total. The number of nitrogens with one attached hydrogen (secondary N) is 1. The molecule has 0 unspecified atom stereocenters. The molecular weight excluding hydrogens is 455 g/mol. The summed E-state index contributed by atoms with van der Waals surface area (Å²) in [5.41, 5.74) is 4.83. The van der Waals surface area contributed by atoms with Gasteiger partial charge in [0.1, 0.15) is 0 Å². The highest BCUT2D eigenvalue weighted by atomic mass is 35.5. The molecule has 0 radical (unpaired) electrons. The van der Waals surface area contributed by atoms with Crippen LogP contribution in [0.25, 0.3) is 0 Å². The lowest BCUT2D eigenvalue weighted by Crippen LogP contribution is -2.42. The summed E-state index contributed by atoms with van der Waals surface area (Å²) in [4.78, 5) is 12.5. The predicted molar refractivity (Wildman–Crippen MR) is 123 cm³/mol. The van der Waals surface area contributed by atoms with E-state index in [9.17, 15) is 23.2 Å². The van der Waals surface area contributed by atoms with E-state index in [1.54, 1.807) is 6.07 Å². The summed E-state index contributed by atoms with van der Waals surface area (Å²) < 4.78 is 38.6. The quantitative estimate of drug-likeness (QED) is 0.317. The lowest BCUT2D eigenvalue weighted by Gasteiger charge is -2.21. The van der Waals surface area contributed by atoms with Crippen LogP contribution in [0.3, 0.4) is 0 Å². The molecule has 1 amide bonds. The summed E-state index contributed by atoms with van der Waals surface area (Å²) in [5, 5.41) is 16.5. The molecule has 2 aromatic carbocycles. The zero-order valence-corrected chi connectivity index (χ0v) is 19.3. The topological polar surface area (TPSA) is 64.9 Å². The molecule has 1 aliphatic rings. The second kappa shape index (κ2) is 10.5. The van der Waals surface area contributed by atoms with Crippen molar-refractivity contribution in [3.05, 3.63) is 63.7 Å². The SMILES string of the molecule is CC(C)CC(=NO)c1ccc(CNc2c(Cl)ccc3c2CCN(C(=O)C(F)(F)F)CC3)cc1. The van der Waals surface area contributed by atoms with Gasteiger partial charge in [0.15, 0.2) is 0 Å². The molecule has 0 aromatic heterocycles. The maximum Gasteiger partial charge on any atom is 0.471 e. The number of anilines is 1. The van der Waals surface area contributed by atoms with Crippen LogP contribution in [0.5, 0.6) is 0 Å². The summed E-state index contributed by atoms with van der Waals surface area (Å²) in [5.74, 6) is -1.45. The van der Waals surface area contributed by atoms with Crippen LogP contribution in [-0.2, 0) is 24.2 Å². The molecule has 0 fully saturated rings. The smallest absolute Gasteiger partial charge is 0.411 e.